The third-order valence-corrected chi connectivity index (χ3v) is 7.05. The summed E-state index contributed by atoms with van der Waals surface area (Å²) in [6.07, 6.45) is 0. The summed E-state index contributed by atoms with van der Waals surface area (Å²) in [5, 5.41) is 25.5. The minimum Gasteiger partial charge on any atom is -0.870 e. The molecule has 0 bridgehead atoms. The molecule has 0 aromatic heterocycles. The molecule has 2 N–H and O–H groups in total. The van der Waals surface area contributed by atoms with Crippen LogP contribution in [0.25, 0.3) is 10.8 Å². The number of ether oxygens (including phenoxy) is 1. The number of rotatable bonds is 7. The Bertz CT molecular complexity index is 1710. The predicted octanol–water partition coefficient (Wildman–Crippen LogP) is 3.85. The largest absolute Gasteiger partial charge is 1.00 e. The molecule has 4 rings (SSSR count). The van der Waals surface area contributed by atoms with Gasteiger partial charge in [0.25, 0.3) is 16.0 Å². The third kappa shape index (κ3) is 6.90. The summed E-state index contributed by atoms with van der Waals surface area (Å²) in [5.74, 6) is -0.987. The third-order valence-electron chi connectivity index (χ3n) is 5.50. The minimum absolute atomic E-state index is 0. The number of nitrogens with zero attached hydrogens (tertiary/aromatic N) is 2. The number of azo groups is 1. The maximum absolute atomic E-state index is 13.4. The molecular formula is C26H20Cl2N3NaO6S. The van der Waals surface area contributed by atoms with E-state index in [0.29, 0.717) is 39.4 Å². The quantitative estimate of drug-likeness (QED) is 0.189. The molecule has 0 saturated carbocycles. The average Bonchev–Trinajstić information content (AvgIpc) is 2.85. The SMILES string of the molecule is CCOc1ccc(Cl)cc1NC(=O)c1cc2ccccc2c(N=Nc2cc(Cl)c(S(=O)(=O)O)cc2C)c1[O-].[Na+]. The van der Waals surface area contributed by atoms with Crippen molar-refractivity contribution in [2.75, 3.05) is 11.9 Å². The predicted molar refractivity (Wildman–Crippen MR) is 144 cm³/mol. The van der Waals surface area contributed by atoms with Crippen LogP contribution in [0.4, 0.5) is 17.1 Å². The van der Waals surface area contributed by atoms with Gasteiger partial charge in [0.1, 0.15) is 10.6 Å². The van der Waals surface area contributed by atoms with Gasteiger partial charge in [-0.3, -0.25) is 9.35 Å². The maximum Gasteiger partial charge on any atom is 1.00 e. The van der Waals surface area contributed by atoms with E-state index in [1.54, 1.807) is 50.2 Å². The van der Waals surface area contributed by atoms with Gasteiger partial charge in [0.15, 0.2) is 0 Å². The summed E-state index contributed by atoms with van der Waals surface area (Å²) in [5.41, 5.74) is 0.515. The minimum atomic E-state index is -4.54. The number of nitrogens with one attached hydrogen (secondary N) is 1. The summed E-state index contributed by atoms with van der Waals surface area (Å²) in [4.78, 5) is 12.7. The molecule has 0 heterocycles. The number of amides is 1. The monoisotopic (exact) mass is 595 g/mol. The molecular weight excluding hydrogens is 576 g/mol. The smallest absolute Gasteiger partial charge is 0.870 e. The first kappa shape index (κ1) is 30.8. The van der Waals surface area contributed by atoms with Crippen molar-refractivity contribution >= 4 is 67.1 Å². The second-order valence-corrected chi connectivity index (χ2v) is 10.3. The van der Waals surface area contributed by atoms with Crippen LogP contribution in [0.5, 0.6) is 11.5 Å². The Hall–Kier alpha value is -2.70. The van der Waals surface area contributed by atoms with Gasteiger partial charge in [0, 0.05) is 16.0 Å². The fraction of sp³-hybridized carbons (Fsp3) is 0.115. The molecule has 196 valence electrons. The number of anilines is 1. The van der Waals surface area contributed by atoms with E-state index in [1.165, 1.54) is 18.2 Å². The van der Waals surface area contributed by atoms with Gasteiger partial charge in [-0.05, 0) is 61.2 Å². The van der Waals surface area contributed by atoms with Crippen molar-refractivity contribution in [1.82, 2.24) is 0 Å². The van der Waals surface area contributed by atoms with Gasteiger partial charge in [-0.15, -0.1) is 0 Å². The Kier molecular flexibility index (Phi) is 10.0. The molecule has 9 nitrogen and oxygen atoms in total. The van der Waals surface area contributed by atoms with Crippen LogP contribution in [0.2, 0.25) is 10.0 Å². The first-order chi connectivity index (χ1) is 18.0. The number of carbonyl (C=O) groups is 1. The molecule has 0 spiro atoms. The van der Waals surface area contributed by atoms with E-state index < -0.39 is 26.7 Å². The molecule has 4 aromatic carbocycles. The van der Waals surface area contributed by atoms with Crippen LogP contribution in [0.3, 0.4) is 0 Å². The summed E-state index contributed by atoms with van der Waals surface area (Å²) < 4.78 is 37.9. The molecule has 0 saturated heterocycles. The van der Waals surface area contributed by atoms with E-state index in [4.69, 9.17) is 27.9 Å². The fourth-order valence-corrected chi connectivity index (χ4v) is 4.96. The topological polar surface area (TPSA) is 140 Å². The van der Waals surface area contributed by atoms with Crippen molar-refractivity contribution in [2.45, 2.75) is 18.7 Å². The van der Waals surface area contributed by atoms with Crippen molar-refractivity contribution in [3.05, 3.63) is 81.8 Å². The first-order valence-corrected chi connectivity index (χ1v) is 13.3. The zero-order valence-electron chi connectivity index (χ0n) is 21.0. The molecule has 0 aliphatic heterocycles. The van der Waals surface area contributed by atoms with Gasteiger partial charge in [-0.2, -0.15) is 18.6 Å². The van der Waals surface area contributed by atoms with Crippen molar-refractivity contribution < 1.29 is 57.2 Å². The second kappa shape index (κ2) is 12.6. The number of hydrogen-bond acceptors (Lipinski definition) is 7. The molecule has 0 fully saturated rings. The van der Waals surface area contributed by atoms with Crippen molar-refractivity contribution in [1.29, 1.82) is 0 Å². The number of benzene rings is 4. The van der Waals surface area contributed by atoms with Gasteiger partial charge in [-0.25, -0.2) is 0 Å². The summed E-state index contributed by atoms with van der Waals surface area (Å²) in [7, 11) is -4.54. The van der Waals surface area contributed by atoms with E-state index in [9.17, 15) is 22.9 Å². The number of carbonyl (C=O) groups excluding carboxylic acids is 1. The molecule has 4 aromatic rings. The van der Waals surface area contributed by atoms with Gasteiger partial charge < -0.3 is 15.2 Å². The summed E-state index contributed by atoms with van der Waals surface area (Å²) in [6, 6.07) is 15.4. The van der Waals surface area contributed by atoms with Crippen molar-refractivity contribution in [3.8, 4) is 11.5 Å². The Morgan fingerprint density at radius 1 is 1.08 bits per heavy atom. The van der Waals surface area contributed by atoms with Crippen molar-refractivity contribution in [2.24, 2.45) is 10.2 Å². The molecule has 0 unspecified atom stereocenters. The molecule has 0 radical (unpaired) electrons. The Morgan fingerprint density at radius 2 is 1.79 bits per heavy atom. The van der Waals surface area contributed by atoms with E-state index in [0.717, 1.165) is 6.07 Å². The standard InChI is InChI=1S/C26H21Cl2N3O6S.Na/c1-3-37-22-9-8-16(27)12-21(22)29-26(33)18-11-15-6-4-5-7-17(15)24(25(18)32)31-30-20-13-19(28)23(10-14(20)2)38(34,35)36;/h4-13,32H,3H2,1-2H3,(H,29,33)(H,34,35,36);/q;+1/p-1. The van der Waals surface area contributed by atoms with Crippen LogP contribution < -0.4 is 44.7 Å². The fourth-order valence-electron chi connectivity index (χ4n) is 3.70. The van der Waals surface area contributed by atoms with Gasteiger partial charge in [0.2, 0.25) is 0 Å². The molecule has 13 heteroatoms. The van der Waals surface area contributed by atoms with Gasteiger partial charge in [-0.1, -0.05) is 53.2 Å². The Morgan fingerprint density at radius 3 is 2.49 bits per heavy atom. The second-order valence-electron chi connectivity index (χ2n) is 8.09. The maximum atomic E-state index is 13.4. The molecule has 1 amide bonds. The average molecular weight is 596 g/mol. The number of aryl methyl sites for hydroxylation is 1. The Labute approximate surface area is 256 Å². The molecule has 0 aliphatic rings. The zero-order valence-corrected chi connectivity index (χ0v) is 25.4. The van der Waals surface area contributed by atoms with E-state index >= 15 is 0 Å². The normalized spacial score (nSPS) is 11.4. The number of fused-ring (bicyclic) bond motifs is 1. The van der Waals surface area contributed by atoms with E-state index in [1.807, 2.05) is 0 Å². The summed E-state index contributed by atoms with van der Waals surface area (Å²) in [6.45, 7) is 3.69. The zero-order chi connectivity index (χ0) is 27.6. The van der Waals surface area contributed by atoms with Crippen LogP contribution in [-0.2, 0) is 10.1 Å². The molecule has 0 atom stereocenters. The van der Waals surface area contributed by atoms with Crippen LogP contribution in [0, 0.1) is 6.92 Å². The first-order valence-electron chi connectivity index (χ1n) is 11.2. The van der Waals surface area contributed by atoms with Crippen LogP contribution in [0.15, 0.2) is 75.8 Å². The molecule has 0 aliphatic carbocycles. The Balaban J connectivity index is 0.00000420. The van der Waals surface area contributed by atoms with Crippen molar-refractivity contribution in [3.63, 3.8) is 0 Å². The van der Waals surface area contributed by atoms with E-state index in [2.05, 4.69) is 15.5 Å². The van der Waals surface area contributed by atoms with Crippen LogP contribution in [-0.4, -0.2) is 25.5 Å². The van der Waals surface area contributed by atoms with Crippen LogP contribution >= 0.6 is 23.2 Å². The van der Waals surface area contributed by atoms with Crippen LogP contribution in [0.1, 0.15) is 22.8 Å². The van der Waals surface area contributed by atoms with E-state index in [-0.39, 0.29) is 51.5 Å². The molecule has 39 heavy (non-hydrogen) atoms. The van der Waals surface area contributed by atoms with Gasteiger partial charge >= 0.3 is 29.6 Å². The van der Waals surface area contributed by atoms with Gasteiger partial charge in [0.05, 0.1) is 28.7 Å². The number of hydrogen-bond donors (Lipinski definition) is 2. The summed E-state index contributed by atoms with van der Waals surface area (Å²) >= 11 is 12.1. The number of halogens is 2.